The summed E-state index contributed by atoms with van der Waals surface area (Å²) in [6.45, 7) is 3.15. The fourth-order valence-electron chi connectivity index (χ4n) is 1.91. The Bertz CT molecular complexity index is 611. The lowest BCUT2D eigenvalue weighted by molar-refractivity contribution is -0.693. The van der Waals surface area contributed by atoms with Gasteiger partial charge in [0.1, 0.15) is 6.54 Å². The fraction of sp³-hybridized carbons (Fsp3) is 0.235. The van der Waals surface area contributed by atoms with Crippen LogP contribution in [-0.2, 0) is 6.54 Å². The fourth-order valence-corrected chi connectivity index (χ4v) is 1.91. The number of benzene rings is 1. The molecule has 0 amide bonds. The summed E-state index contributed by atoms with van der Waals surface area (Å²) < 4.78 is 31.2. The Morgan fingerprint density at radius 3 is 2.09 bits per heavy atom. The van der Waals surface area contributed by atoms with E-state index < -0.39 is 7.54 Å². The van der Waals surface area contributed by atoms with Gasteiger partial charge in [-0.15, -0.1) is 0 Å². The minimum atomic E-state index is -3.67. The number of anilines is 1. The first-order valence-corrected chi connectivity index (χ1v) is 7.29. The van der Waals surface area contributed by atoms with E-state index >= 15 is 0 Å². The summed E-state index contributed by atoms with van der Waals surface area (Å²) in [5, 5.41) is 0. The predicted molar refractivity (Wildman–Crippen MR) is 91.1 cm³/mol. The van der Waals surface area contributed by atoms with Gasteiger partial charge in [0.2, 0.25) is 0 Å². The minimum Gasteiger partial charge on any atom is -0.378 e. The Kier molecular flexibility index (Phi) is 7.95. The average molecular weight is 321 g/mol. The molecule has 0 aliphatic carbocycles. The highest BCUT2D eigenvalue weighted by molar-refractivity contribution is 6.33. The molecule has 2 rings (SSSR count). The van der Waals surface area contributed by atoms with E-state index in [4.69, 9.17) is 0 Å². The predicted octanol–water partition coefficient (Wildman–Crippen LogP) is 4.11. The molecule has 1 aromatic carbocycles. The molecule has 2 aromatic rings. The first-order chi connectivity index (χ1) is 10.9. The standard InChI is InChI=1S/C17H21N2.BF3/c1-4-19-13-5-6-16(14-19)8-7-15-9-11-17(12-10-15)18(2)3;2-1(3)4/h5-14H,4H2,1-3H3;/q+1;. The van der Waals surface area contributed by atoms with Crippen molar-refractivity contribution in [3.8, 4) is 0 Å². The second-order valence-electron chi connectivity index (χ2n) is 5.03. The first kappa shape index (κ1) is 18.8. The summed E-state index contributed by atoms with van der Waals surface area (Å²) >= 11 is 0. The van der Waals surface area contributed by atoms with E-state index in [1.54, 1.807) is 0 Å². The van der Waals surface area contributed by atoms with E-state index in [0.29, 0.717) is 0 Å². The quantitative estimate of drug-likeness (QED) is 0.607. The van der Waals surface area contributed by atoms with Gasteiger partial charge in [0.15, 0.2) is 12.4 Å². The molecule has 0 fully saturated rings. The molecule has 1 heterocycles. The highest BCUT2D eigenvalue weighted by Crippen LogP contribution is 2.14. The van der Waals surface area contributed by atoms with Crippen LogP contribution in [0.1, 0.15) is 18.1 Å². The summed E-state index contributed by atoms with van der Waals surface area (Å²) in [6.07, 6.45) is 8.54. The lowest BCUT2D eigenvalue weighted by Gasteiger charge is -2.11. The van der Waals surface area contributed by atoms with Crippen LogP contribution >= 0.6 is 0 Å². The van der Waals surface area contributed by atoms with Gasteiger partial charge in [-0.1, -0.05) is 18.2 Å². The molecule has 23 heavy (non-hydrogen) atoms. The number of hydrogen-bond acceptors (Lipinski definition) is 1. The number of aromatic nitrogens is 1. The van der Waals surface area contributed by atoms with E-state index in [0.717, 1.165) is 6.54 Å². The number of pyridine rings is 1. The van der Waals surface area contributed by atoms with Crippen LogP contribution in [0.3, 0.4) is 0 Å². The molecule has 0 spiro atoms. The van der Waals surface area contributed by atoms with E-state index in [1.807, 2.05) is 0 Å². The summed E-state index contributed by atoms with van der Waals surface area (Å²) in [5.74, 6) is 0. The van der Waals surface area contributed by atoms with Gasteiger partial charge in [-0.3, -0.25) is 12.9 Å². The van der Waals surface area contributed by atoms with Crippen LogP contribution in [0.25, 0.3) is 12.2 Å². The van der Waals surface area contributed by atoms with E-state index in [-0.39, 0.29) is 0 Å². The summed E-state index contributed by atoms with van der Waals surface area (Å²) in [4.78, 5) is 2.11. The molecule has 1 aromatic heterocycles. The van der Waals surface area contributed by atoms with Gasteiger partial charge in [0.25, 0.3) is 0 Å². The van der Waals surface area contributed by atoms with Crippen LogP contribution < -0.4 is 9.47 Å². The third kappa shape index (κ3) is 7.54. The highest BCUT2D eigenvalue weighted by atomic mass is 19.4. The number of hydrogen-bond donors (Lipinski definition) is 0. The second kappa shape index (κ2) is 9.72. The van der Waals surface area contributed by atoms with Crippen molar-refractivity contribution < 1.29 is 17.5 Å². The van der Waals surface area contributed by atoms with Gasteiger partial charge in [-0.25, -0.2) is 4.57 Å². The summed E-state index contributed by atoms with van der Waals surface area (Å²) in [6, 6.07) is 12.8. The second-order valence-corrected chi connectivity index (χ2v) is 5.03. The van der Waals surface area contributed by atoms with Crippen molar-refractivity contribution in [2.75, 3.05) is 19.0 Å². The molecule has 0 unspecified atom stereocenters. The number of rotatable bonds is 4. The molecular weight excluding hydrogens is 300 g/mol. The largest absolute Gasteiger partial charge is 0.762 e. The van der Waals surface area contributed by atoms with Gasteiger partial charge in [-0.2, -0.15) is 0 Å². The number of aryl methyl sites for hydroxylation is 1. The zero-order valence-electron chi connectivity index (χ0n) is 13.6. The number of nitrogens with zero attached hydrogens (tertiary/aromatic N) is 2. The van der Waals surface area contributed by atoms with Crippen molar-refractivity contribution in [2.45, 2.75) is 13.5 Å². The Balaban J connectivity index is 0.000000593. The van der Waals surface area contributed by atoms with E-state index in [1.165, 1.54) is 16.8 Å². The normalized spacial score (nSPS) is 10.2. The third-order valence-electron chi connectivity index (χ3n) is 3.12. The van der Waals surface area contributed by atoms with Gasteiger partial charge in [0, 0.05) is 31.4 Å². The molecule has 0 saturated heterocycles. The molecule has 0 saturated carbocycles. The Morgan fingerprint density at radius 1 is 1.00 bits per heavy atom. The van der Waals surface area contributed by atoms with Crippen LogP contribution in [0.4, 0.5) is 18.6 Å². The van der Waals surface area contributed by atoms with E-state index in [9.17, 15) is 12.9 Å². The molecule has 2 nitrogen and oxygen atoms in total. The molecule has 122 valence electrons. The average Bonchev–Trinajstić information content (AvgIpc) is 2.53. The summed E-state index contributed by atoms with van der Waals surface area (Å²) in [5.41, 5.74) is 3.67. The van der Waals surface area contributed by atoms with Crippen LogP contribution in [0.15, 0.2) is 48.8 Å². The zero-order valence-corrected chi connectivity index (χ0v) is 13.6. The molecule has 0 radical (unpaired) electrons. The minimum absolute atomic E-state index is 0.999. The molecule has 0 aliphatic rings. The monoisotopic (exact) mass is 321 g/mol. The Labute approximate surface area is 136 Å². The van der Waals surface area contributed by atoms with Crippen molar-refractivity contribution in [3.63, 3.8) is 0 Å². The van der Waals surface area contributed by atoms with Crippen LogP contribution in [0.5, 0.6) is 0 Å². The van der Waals surface area contributed by atoms with Crippen molar-refractivity contribution in [1.29, 1.82) is 0 Å². The van der Waals surface area contributed by atoms with Gasteiger partial charge in [-0.05, 0) is 36.8 Å². The lowest BCUT2D eigenvalue weighted by Crippen LogP contribution is -2.31. The van der Waals surface area contributed by atoms with Gasteiger partial charge >= 0.3 is 7.54 Å². The Morgan fingerprint density at radius 2 is 1.57 bits per heavy atom. The van der Waals surface area contributed by atoms with Crippen molar-refractivity contribution in [1.82, 2.24) is 0 Å². The Hall–Kier alpha value is -2.24. The number of halogens is 3. The van der Waals surface area contributed by atoms with Gasteiger partial charge in [0.05, 0.1) is 0 Å². The molecule has 0 aliphatic heterocycles. The van der Waals surface area contributed by atoms with Crippen molar-refractivity contribution in [3.05, 3.63) is 59.9 Å². The third-order valence-corrected chi connectivity index (χ3v) is 3.12. The molecule has 0 N–H and O–H groups in total. The molecular formula is C17H21BF3N2+. The summed E-state index contributed by atoms with van der Waals surface area (Å²) in [7, 11) is 0.441. The molecule has 0 bridgehead atoms. The maximum Gasteiger partial charge on any atom is 0.762 e. The van der Waals surface area contributed by atoms with Crippen LogP contribution in [0.2, 0.25) is 0 Å². The van der Waals surface area contributed by atoms with Crippen molar-refractivity contribution in [2.24, 2.45) is 0 Å². The topological polar surface area (TPSA) is 7.12 Å². The van der Waals surface area contributed by atoms with Gasteiger partial charge < -0.3 is 4.90 Å². The SMILES string of the molecule is CC[n+]1cccc(C=Cc2ccc(N(C)C)cc2)c1.FB(F)F. The zero-order chi connectivity index (χ0) is 17.2. The maximum atomic E-state index is 9.67. The first-order valence-electron chi connectivity index (χ1n) is 7.29. The van der Waals surface area contributed by atoms with Crippen LogP contribution in [-0.4, -0.2) is 21.6 Å². The van der Waals surface area contributed by atoms with E-state index in [2.05, 4.69) is 91.4 Å². The van der Waals surface area contributed by atoms with Crippen molar-refractivity contribution >= 4 is 25.4 Å². The lowest BCUT2D eigenvalue weighted by atomic mass is 10.1. The smallest absolute Gasteiger partial charge is 0.378 e. The maximum absolute atomic E-state index is 9.67. The molecule has 6 heteroatoms. The van der Waals surface area contributed by atoms with Crippen LogP contribution in [0, 0.1) is 0 Å². The molecule has 0 atom stereocenters. The highest BCUT2D eigenvalue weighted by Gasteiger charge is 2.06.